The molecule has 1 atom stereocenters. The first-order valence-corrected chi connectivity index (χ1v) is 8.16. The van der Waals surface area contributed by atoms with Crippen molar-refractivity contribution in [1.29, 1.82) is 0 Å². The van der Waals surface area contributed by atoms with Gasteiger partial charge in [0.2, 0.25) is 0 Å². The smallest absolute Gasteiger partial charge is 0.142 e. The number of halogens is 2. The van der Waals surface area contributed by atoms with Crippen LogP contribution in [0.15, 0.2) is 18.2 Å². The fraction of sp³-hybridized carbons (Fsp3) is 0.647. The summed E-state index contributed by atoms with van der Waals surface area (Å²) in [4.78, 5) is 2.35. The van der Waals surface area contributed by atoms with E-state index in [1.165, 1.54) is 38.2 Å². The second kappa shape index (κ2) is 7.08. The van der Waals surface area contributed by atoms with Crippen molar-refractivity contribution in [3.63, 3.8) is 0 Å². The largest absolute Gasteiger partial charge is 0.315 e. The summed E-state index contributed by atoms with van der Waals surface area (Å²) in [5.41, 5.74) is 1.02. The Bertz CT molecular complexity index is 470. The van der Waals surface area contributed by atoms with Crippen molar-refractivity contribution in [3.8, 4) is 0 Å². The predicted molar refractivity (Wildman–Crippen MR) is 87.5 cm³/mol. The molecule has 1 aliphatic carbocycles. The van der Waals surface area contributed by atoms with Crippen LogP contribution in [0, 0.1) is 5.82 Å². The van der Waals surface area contributed by atoms with Gasteiger partial charge in [0.1, 0.15) is 5.82 Å². The summed E-state index contributed by atoms with van der Waals surface area (Å²) >= 11 is 6.14. The SMILES string of the molecule is CNC(Cc1cccc(F)c1Cl)C1(N(C)C)CCCCC1. The van der Waals surface area contributed by atoms with Gasteiger partial charge in [0, 0.05) is 11.6 Å². The first kappa shape index (κ1) is 16.7. The molecule has 4 heteroatoms. The Labute approximate surface area is 132 Å². The molecule has 0 radical (unpaired) electrons. The highest BCUT2D eigenvalue weighted by atomic mass is 35.5. The van der Waals surface area contributed by atoms with Gasteiger partial charge in [-0.15, -0.1) is 0 Å². The summed E-state index contributed by atoms with van der Waals surface area (Å²) in [6.07, 6.45) is 6.94. The van der Waals surface area contributed by atoms with Crippen LogP contribution in [0.4, 0.5) is 4.39 Å². The van der Waals surface area contributed by atoms with Crippen molar-refractivity contribution in [2.75, 3.05) is 21.1 Å². The van der Waals surface area contributed by atoms with Crippen molar-refractivity contribution in [3.05, 3.63) is 34.6 Å². The standard InChI is InChI=1S/C17H26ClFN2/c1-20-15(12-13-8-7-9-14(19)16(13)18)17(21(2)3)10-5-4-6-11-17/h7-9,15,20H,4-6,10-12H2,1-3H3. The van der Waals surface area contributed by atoms with Crippen LogP contribution in [-0.4, -0.2) is 37.6 Å². The summed E-state index contributed by atoms with van der Waals surface area (Å²) < 4.78 is 13.7. The molecule has 1 aliphatic rings. The van der Waals surface area contributed by atoms with E-state index in [2.05, 4.69) is 24.3 Å². The zero-order valence-electron chi connectivity index (χ0n) is 13.3. The minimum Gasteiger partial charge on any atom is -0.315 e. The lowest BCUT2D eigenvalue weighted by atomic mass is 9.73. The van der Waals surface area contributed by atoms with Gasteiger partial charge in [-0.1, -0.05) is 43.0 Å². The summed E-state index contributed by atoms with van der Waals surface area (Å²) in [6.45, 7) is 0. The maximum absolute atomic E-state index is 13.7. The Balaban J connectivity index is 2.27. The molecule has 2 rings (SSSR count). The average molecular weight is 313 g/mol. The average Bonchev–Trinajstić information content (AvgIpc) is 2.49. The Morgan fingerprint density at radius 3 is 2.52 bits per heavy atom. The van der Waals surface area contributed by atoms with Crippen molar-refractivity contribution in [1.82, 2.24) is 10.2 Å². The van der Waals surface area contributed by atoms with Gasteiger partial charge in [0.15, 0.2) is 0 Å². The second-order valence-electron chi connectivity index (χ2n) is 6.32. The van der Waals surface area contributed by atoms with E-state index in [0.717, 1.165) is 12.0 Å². The molecule has 0 bridgehead atoms. The molecule has 0 amide bonds. The molecule has 1 unspecified atom stereocenters. The number of nitrogens with zero attached hydrogens (tertiary/aromatic N) is 1. The second-order valence-corrected chi connectivity index (χ2v) is 6.69. The van der Waals surface area contributed by atoms with Gasteiger partial charge >= 0.3 is 0 Å². The molecule has 1 fully saturated rings. The number of likely N-dealkylation sites (N-methyl/N-ethyl adjacent to an activating group) is 2. The molecule has 118 valence electrons. The topological polar surface area (TPSA) is 15.3 Å². The van der Waals surface area contributed by atoms with Gasteiger partial charge in [-0.3, -0.25) is 0 Å². The molecule has 1 N–H and O–H groups in total. The van der Waals surface area contributed by atoms with E-state index < -0.39 is 0 Å². The van der Waals surface area contributed by atoms with Crippen molar-refractivity contribution in [2.24, 2.45) is 0 Å². The number of nitrogens with one attached hydrogen (secondary N) is 1. The highest BCUT2D eigenvalue weighted by Crippen LogP contribution is 2.37. The Hall–Kier alpha value is -0.640. The molecule has 1 saturated carbocycles. The molecular weight excluding hydrogens is 287 g/mol. The van der Waals surface area contributed by atoms with Crippen LogP contribution in [0.5, 0.6) is 0 Å². The lowest BCUT2D eigenvalue weighted by Gasteiger charge is -2.48. The highest BCUT2D eigenvalue weighted by Gasteiger charge is 2.41. The maximum Gasteiger partial charge on any atom is 0.142 e. The minimum absolute atomic E-state index is 0.128. The highest BCUT2D eigenvalue weighted by molar-refractivity contribution is 6.31. The van der Waals surface area contributed by atoms with Crippen LogP contribution in [0.3, 0.4) is 0 Å². The quantitative estimate of drug-likeness (QED) is 0.888. The van der Waals surface area contributed by atoms with E-state index in [9.17, 15) is 4.39 Å². The molecular formula is C17H26ClFN2. The Kier molecular flexibility index (Phi) is 5.64. The van der Waals surface area contributed by atoms with E-state index in [0.29, 0.717) is 0 Å². The summed E-state index contributed by atoms with van der Waals surface area (Å²) in [6, 6.07) is 5.36. The van der Waals surface area contributed by atoms with Crippen LogP contribution in [0.2, 0.25) is 5.02 Å². The first-order chi connectivity index (χ1) is 10.0. The fourth-order valence-electron chi connectivity index (χ4n) is 3.76. The third kappa shape index (κ3) is 3.41. The van der Waals surface area contributed by atoms with Gasteiger partial charge in [0.25, 0.3) is 0 Å². The van der Waals surface area contributed by atoms with Crippen LogP contribution in [-0.2, 0) is 6.42 Å². The predicted octanol–water partition coefficient (Wildman–Crippen LogP) is 3.87. The third-order valence-electron chi connectivity index (χ3n) is 5.06. The number of benzene rings is 1. The number of rotatable bonds is 5. The third-order valence-corrected chi connectivity index (χ3v) is 5.49. The van der Waals surface area contributed by atoms with Gasteiger partial charge in [0.05, 0.1) is 5.02 Å². The lowest BCUT2D eigenvalue weighted by molar-refractivity contribution is 0.0598. The molecule has 0 aromatic heterocycles. The Morgan fingerprint density at radius 1 is 1.29 bits per heavy atom. The fourth-order valence-corrected chi connectivity index (χ4v) is 3.96. The molecule has 1 aromatic rings. The normalized spacial score (nSPS) is 19.7. The molecule has 0 heterocycles. The van der Waals surface area contributed by atoms with Gasteiger partial charge in [-0.25, -0.2) is 4.39 Å². The molecule has 21 heavy (non-hydrogen) atoms. The molecule has 2 nitrogen and oxygen atoms in total. The minimum atomic E-state index is -0.327. The van der Waals surface area contributed by atoms with Crippen LogP contribution >= 0.6 is 11.6 Å². The van der Waals surface area contributed by atoms with Gasteiger partial charge in [-0.05, 0) is 52.0 Å². The number of hydrogen-bond acceptors (Lipinski definition) is 2. The molecule has 1 aromatic carbocycles. The monoisotopic (exact) mass is 312 g/mol. The van der Waals surface area contributed by atoms with Crippen LogP contribution in [0.25, 0.3) is 0 Å². The summed E-state index contributed by atoms with van der Waals surface area (Å²) in [5.74, 6) is -0.327. The summed E-state index contributed by atoms with van der Waals surface area (Å²) in [5, 5.41) is 3.73. The van der Waals surface area contributed by atoms with Crippen molar-refractivity contribution < 1.29 is 4.39 Å². The Morgan fingerprint density at radius 2 is 1.95 bits per heavy atom. The van der Waals surface area contributed by atoms with E-state index in [4.69, 9.17) is 11.6 Å². The van der Waals surface area contributed by atoms with E-state index in [1.807, 2.05) is 13.1 Å². The zero-order valence-corrected chi connectivity index (χ0v) is 14.0. The summed E-state index contributed by atoms with van der Waals surface area (Å²) in [7, 11) is 6.31. The van der Waals surface area contributed by atoms with Crippen molar-refractivity contribution in [2.45, 2.75) is 50.1 Å². The van der Waals surface area contributed by atoms with Crippen LogP contribution in [0.1, 0.15) is 37.7 Å². The van der Waals surface area contributed by atoms with E-state index >= 15 is 0 Å². The van der Waals surface area contributed by atoms with E-state index in [-0.39, 0.29) is 22.4 Å². The van der Waals surface area contributed by atoms with E-state index in [1.54, 1.807) is 6.07 Å². The first-order valence-electron chi connectivity index (χ1n) is 7.79. The van der Waals surface area contributed by atoms with Crippen LogP contribution < -0.4 is 5.32 Å². The molecule has 0 saturated heterocycles. The lowest BCUT2D eigenvalue weighted by Crippen LogP contribution is -2.60. The zero-order chi connectivity index (χ0) is 15.5. The number of hydrogen-bond donors (Lipinski definition) is 1. The van der Waals surface area contributed by atoms with Gasteiger partial charge < -0.3 is 10.2 Å². The molecule has 0 spiro atoms. The van der Waals surface area contributed by atoms with Crippen molar-refractivity contribution >= 4 is 11.6 Å². The molecule has 0 aliphatic heterocycles. The maximum atomic E-state index is 13.7. The van der Waals surface area contributed by atoms with Gasteiger partial charge in [-0.2, -0.15) is 0 Å².